The van der Waals surface area contributed by atoms with Gasteiger partial charge in [-0.3, -0.25) is 0 Å². The summed E-state index contributed by atoms with van der Waals surface area (Å²) in [4.78, 5) is 8.26. The lowest BCUT2D eigenvalue weighted by Crippen LogP contribution is -2.22. The van der Waals surface area contributed by atoms with Crippen LogP contribution in [0, 0.1) is 5.82 Å². The van der Waals surface area contributed by atoms with E-state index in [1.54, 1.807) is 24.4 Å². The molecule has 0 amide bonds. The third-order valence-electron chi connectivity index (χ3n) is 4.49. The Labute approximate surface area is 173 Å². The van der Waals surface area contributed by atoms with Crippen molar-refractivity contribution in [3.63, 3.8) is 0 Å². The van der Waals surface area contributed by atoms with E-state index in [1.807, 2.05) is 54.6 Å². The highest BCUT2D eigenvalue weighted by Crippen LogP contribution is 2.24. The molecule has 0 radical (unpaired) electrons. The number of rotatable bonds is 6. The maximum atomic E-state index is 14.5. The molecule has 0 aliphatic heterocycles. The van der Waals surface area contributed by atoms with E-state index in [-0.39, 0.29) is 17.7 Å². The second-order valence-electron chi connectivity index (χ2n) is 6.67. The van der Waals surface area contributed by atoms with Crippen molar-refractivity contribution in [1.82, 2.24) is 10.1 Å². The Kier molecular flexibility index (Phi) is 5.80. The molecule has 30 heavy (non-hydrogen) atoms. The second kappa shape index (κ2) is 9.00. The van der Waals surface area contributed by atoms with Gasteiger partial charge in [0.15, 0.2) is 0 Å². The standard InChI is InChI=1S/C23H20FN5O/c24-20-14-16(10-12-19(20)17-6-2-1-3-7-17)9-11-18-15-22(30-29-18)28-23(25)27-21-8-4-5-13-26-21/h1-8,10,12-15H,9,11H2,(H3,25,26,27,28). The van der Waals surface area contributed by atoms with Crippen LogP contribution in [0.3, 0.4) is 0 Å². The lowest BCUT2D eigenvalue weighted by molar-refractivity contribution is 0.421. The summed E-state index contributed by atoms with van der Waals surface area (Å²) in [6.45, 7) is 0. The van der Waals surface area contributed by atoms with E-state index < -0.39 is 0 Å². The summed E-state index contributed by atoms with van der Waals surface area (Å²) in [5.41, 5.74) is 8.91. The molecule has 150 valence electrons. The lowest BCUT2D eigenvalue weighted by Gasteiger charge is -2.06. The molecule has 0 bridgehead atoms. The molecular formula is C23H20FN5O. The topological polar surface area (TPSA) is 89.3 Å². The Morgan fingerprint density at radius 3 is 2.60 bits per heavy atom. The van der Waals surface area contributed by atoms with E-state index in [4.69, 9.17) is 10.3 Å². The van der Waals surface area contributed by atoms with Crippen molar-refractivity contribution in [3.05, 3.63) is 96.1 Å². The number of benzene rings is 2. The van der Waals surface area contributed by atoms with E-state index in [0.29, 0.717) is 29.9 Å². The largest absolute Gasteiger partial charge is 0.369 e. The van der Waals surface area contributed by atoms with Crippen LogP contribution in [-0.2, 0) is 12.8 Å². The minimum Gasteiger partial charge on any atom is -0.369 e. The van der Waals surface area contributed by atoms with Crippen LogP contribution in [0.25, 0.3) is 11.1 Å². The minimum atomic E-state index is -0.238. The van der Waals surface area contributed by atoms with Crippen LogP contribution >= 0.6 is 0 Å². The van der Waals surface area contributed by atoms with Gasteiger partial charge in [0, 0.05) is 17.8 Å². The number of hydrogen-bond acceptors (Lipinski definition) is 4. The highest BCUT2D eigenvalue weighted by molar-refractivity contribution is 5.92. The van der Waals surface area contributed by atoms with Crippen LogP contribution in [0.2, 0.25) is 0 Å². The first-order chi connectivity index (χ1) is 14.7. The fourth-order valence-corrected chi connectivity index (χ4v) is 3.02. The molecule has 2 aromatic heterocycles. The quantitative estimate of drug-likeness (QED) is 0.360. The molecule has 0 saturated carbocycles. The fraction of sp³-hybridized carbons (Fsp3) is 0.0870. The third-order valence-corrected chi connectivity index (χ3v) is 4.49. The molecule has 0 aliphatic rings. The molecule has 0 fully saturated rings. The number of aromatic nitrogens is 2. The number of anilines is 1. The van der Waals surface area contributed by atoms with E-state index in [2.05, 4.69) is 20.4 Å². The molecule has 0 atom stereocenters. The summed E-state index contributed by atoms with van der Waals surface area (Å²) in [5, 5.41) is 6.87. The van der Waals surface area contributed by atoms with Crippen molar-refractivity contribution in [2.75, 3.05) is 5.32 Å². The number of pyridine rings is 1. The Hall–Kier alpha value is -4.00. The first-order valence-corrected chi connectivity index (χ1v) is 9.49. The van der Waals surface area contributed by atoms with Crippen molar-refractivity contribution >= 4 is 17.7 Å². The van der Waals surface area contributed by atoms with E-state index in [9.17, 15) is 4.39 Å². The number of aliphatic imine (C=N–C) groups is 1. The zero-order valence-electron chi connectivity index (χ0n) is 16.1. The Morgan fingerprint density at radius 1 is 1.00 bits per heavy atom. The van der Waals surface area contributed by atoms with Crippen molar-refractivity contribution in [2.45, 2.75) is 12.8 Å². The van der Waals surface area contributed by atoms with Crippen LogP contribution in [0.1, 0.15) is 11.3 Å². The number of aryl methyl sites for hydroxylation is 2. The van der Waals surface area contributed by atoms with Gasteiger partial charge in [0.2, 0.25) is 5.96 Å². The Morgan fingerprint density at radius 2 is 1.83 bits per heavy atom. The second-order valence-corrected chi connectivity index (χ2v) is 6.67. The van der Waals surface area contributed by atoms with Gasteiger partial charge < -0.3 is 15.6 Å². The molecule has 0 aliphatic carbocycles. The molecule has 3 N–H and O–H groups in total. The third kappa shape index (κ3) is 4.88. The summed E-state index contributed by atoms with van der Waals surface area (Å²) in [6.07, 6.45) is 2.87. The van der Waals surface area contributed by atoms with Gasteiger partial charge in [-0.2, -0.15) is 4.99 Å². The number of guanidine groups is 1. The molecule has 0 saturated heterocycles. The van der Waals surface area contributed by atoms with E-state index in [1.165, 1.54) is 0 Å². The lowest BCUT2D eigenvalue weighted by atomic mass is 10.0. The van der Waals surface area contributed by atoms with Gasteiger partial charge >= 0.3 is 0 Å². The molecule has 4 aromatic rings. The summed E-state index contributed by atoms with van der Waals surface area (Å²) in [5.74, 6) is 0.781. The molecule has 6 nitrogen and oxygen atoms in total. The zero-order chi connectivity index (χ0) is 20.8. The number of nitrogens with two attached hydrogens (primary N) is 1. The van der Waals surface area contributed by atoms with Crippen molar-refractivity contribution in [3.8, 4) is 11.1 Å². The van der Waals surface area contributed by atoms with Gasteiger partial charge in [-0.15, -0.1) is 0 Å². The molecule has 0 unspecified atom stereocenters. The molecule has 2 aromatic carbocycles. The normalized spacial score (nSPS) is 11.4. The van der Waals surface area contributed by atoms with Crippen molar-refractivity contribution < 1.29 is 8.91 Å². The number of hydrogen-bond donors (Lipinski definition) is 2. The van der Waals surface area contributed by atoms with Gasteiger partial charge in [-0.05, 0) is 42.2 Å². The Bertz CT molecular complexity index is 1140. The number of halogens is 1. The van der Waals surface area contributed by atoms with Crippen LogP contribution < -0.4 is 11.1 Å². The fourth-order valence-electron chi connectivity index (χ4n) is 3.02. The predicted molar refractivity (Wildman–Crippen MR) is 115 cm³/mol. The molecule has 4 rings (SSSR count). The molecule has 7 heteroatoms. The molecule has 2 heterocycles. The number of nitrogens with one attached hydrogen (secondary N) is 1. The smallest absolute Gasteiger partial charge is 0.253 e. The summed E-state index contributed by atoms with van der Waals surface area (Å²) < 4.78 is 19.7. The average Bonchev–Trinajstić information content (AvgIpc) is 3.21. The predicted octanol–water partition coefficient (Wildman–Crippen LogP) is 4.72. The Balaban J connectivity index is 1.37. The molecular weight excluding hydrogens is 381 g/mol. The van der Waals surface area contributed by atoms with Gasteiger partial charge in [-0.25, -0.2) is 9.37 Å². The first-order valence-electron chi connectivity index (χ1n) is 9.49. The summed E-state index contributed by atoms with van der Waals surface area (Å²) >= 11 is 0. The summed E-state index contributed by atoms with van der Waals surface area (Å²) in [7, 11) is 0. The van der Waals surface area contributed by atoms with Crippen molar-refractivity contribution in [1.29, 1.82) is 0 Å². The van der Waals surface area contributed by atoms with Crippen LogP contribution in [0.15, 0.2) is 88.5 Å². The van der Waals surface area contributed by atoms with Crippen LogP contribution in [-0.4, -0.2) is 16.1 Å². The highest BCUT2D eigenvalue weighted by atomic mass is 19.1. The summed E-state index contributed by atoms with van der Waals surface area (Å²) in [6, 6.07) is 21.9. The first kappa shape index (κ1) is 19.3. The van der Waals surface area contributed by atoms with Crippen molar-refractivity contribution in [2.24, 2.45) is 10.7 Å². The number of nitrogens with zero attached hydrogens (tertiary/aromatic N) is 3. The van der Waals surface area contributed by atoms with Crippen LogP contribution in [0.5, 0.6) is 0 Å². The highest BCUT2D eigenvalue weighted by Gasteiger charge is 2.08. The average molecular weight is 401 g/mol. The maximum absolute atomic E-state index is 14.5. The minimum absolute atomic E-state index is 0.148. The van der Waals surface area contributed by atoms with Gasteiger partial charge in [0.25, 0.3) is 5.88 Å². The van der Waals surface area contributed by atoms with Gasteiger partial charge in [0.05, 0.1) is 5.69 Å². The van der Waals surface area contributed by atoms with Gasteiger partial charge in [0.1, 0.15) is 11.6 Å². The van der Waals surface area contributed by atoms with E-state index in [0.717, 1.165) is 11.1 Å². The molecule has 0 spiro atoms. The van der Waals surface area contributed by atoms with Gasteiger partial charge in [-0.1, -0.05) is 53.7 Å². The SMILES string of the molecule is NC(=Nc1cc(CCc2ccc(-c3ccccc3)c(F)c2)no1)Nc1ccccn1. The zero-order valence-corrected chi connectivity index (χ0v) is 16.1. The van der Waals surface area contributed by atoms with E-state index >= 15 is 0 Å². The van der Waals surface area contributed by atoms with Crippen LogP contribution in [0.4, 0.5) is 16.1 Å². The monoisotopic (exact) mass is 401 g/mol. The maximum Gasteiger partial charge on any atom is 0.253 e.